The highest BCUT2D eigenvalue weighted by atomic mass is 16.4. The van der Waals surface area contributed by atoms with Crippen LogP contribution in [0.1, 0.15) is 11.5 Å². The first-order chi connectivity index (χ1) is 8.19. The molecule has 0 aliphatic rings. The van der Waals surface area contributed by atoms with Crippen molar-refractivity contribution in [3.8, 4) is 0 Å². The molecule has 4 N–H and O–H groups in total. The lowest BCUT2D eigenvalue weighted by Crippen LogP contribution is -2.39. The number of carboxylic acid groups (broad SMARTS) is 1. The number of aliphatic hydroxyl groups is 2. The fraction of sp³-hybridized carbons (Fsp3) is 0.417. The van der Waals surface area contributed by atoms with E-state index in [1.54, 1.807) is 24.3 Å². The summed E-state index contributed by atoms with van der Waals surface area (Å²) in [6, 6.07) is 8.38. The lowest BCUT2D eigenvalue weighted by atomic mass is 9.99. The van der Waals surface area contributed by atoms with Crippen molar-refractivity contribution in [3.63, 3.8) is 0 Å². The minimum absolute atomic E-state index is 0.172. The standard InChI is InChI=1S/C12H17NO4/c14-7-10(8-15)13-6-11(12(16)17)9-4-2-1-3-5-9/h1-5,10-11,13-15H,6-8H2,(H,16,17). The van der Waals surface area contributed by atoms with E-state index >= 15 is 0 Å². The monoisotopic (exact) mass is 239 g/mol. The van der Waals surface area contributed by atoms with E-state index in [1.807, 2.05) is 6.07 Å². The largest absolute Gasteiger partial charge is 0.481 e. The van der Waals surface area contributed by atoms with Gasteiger partial charge in [0.25, 0.3) is 0 Å². The van der Waals surface area contributed by atoms with Gasteiger partial charge in [0.05, 0.1) is 25.2 Å². The molecule has 1 aromatic carbocycles. The van der Waals surface area contributed by atoms with E-state index in [2.05, 4.69) is 5.32 Å². The molecule has 0 aliphatic carbocycles. The molecule has 0 aromatic heterocycles. The van der Waals surface area contributed by atoms with Gasteiger partial charge in [-0.15, -0.1) is 0 Å². The molecule has 5 heteroatoms. The van der Waals surface area contributed by atoms with Crippen LogP contribution in [0.25, 0.3) is 0 Å². The van der Waals surface area contributed by atoms with Gasteiger partial charge in [-0.1, -0.05) is 30.3 Å². The molecule has 0 aliphatic heterocycles. The van der Waals surface area contributed by atoms with E-state index in [0.29, 0.717) is 5.56 Å². The lowest BCUT2D eigenvalue weighted by molar-refractivity contribution is -0.138. The van der Waals surface area contributed by atoms with Crippen molar-refractivity contribution in [2.45, 2.75) is 12.0 Å². The Balaban J connectivity index is 2.65. The van der Waals surface area contributed by atoms with Crippen LogP contribution in [0.5, 0.6) is 0 Å². The molecule has 1 aromatic rings. The van der Waals surface area contributed by atoms with Crippen molar-refractivity contribution in [2.24, 2.45) is 0 Å². The third-order valence-corrected chi connectivity index (χ3v) is 2.55. The first-order valence-electron chi connectivity index (χ1n) is 5.42. The number of aliphatic carboxylic acids is 1. The van der Waals surface area contributed by atoms with Crippen molar-refractivity contribution in [3.05, 3.63) is 35.9 Å². The van der Waals surface area contributed by atoms with Gasteiger partial charge >= 0.3 is 5.97 Å². The molecule has 0 bridgehead atoms. The Morgan fingerprint density at radius 2 is 1.76 bits per heavy atom. The zero-order chi connectivity index (χ0) is 12.7. The number of carbonyl (C=O) groups is 1. The first-order valence-corrected chi connectivity index (χ1v) is 5.42. The van der Waals surface area contributed by atoms with E-state index in [1.165, 1.54) is 0 Å². The average molecular weight is 239 g/mol. The molecule has 0 fully saturated rings. The molecule has 1 atom stereocenters. The van der Waals surface area contributed by atoms with E-state index < -0.39 is 17.9 Å². The van der Waals surface area contributed by atoms with Crippen LogP contribution in [0, 0.1) is 0 Å². The molecule has 17 heavy (non-hydrogen) atoms. The van der Waals surface area contributed by atoms with Crippen molar-refractivity contribution < 1.29 is 20.1 Å². The van der Waals surface area contributed by atoms with E-state index in [-0.39, 0.29) is 19.8 Å². The zero-order valence-corrected chi connectivity index (χ0v) is 9.41. The lowest BCUT2D eigenvalue weighted by Gasteiger charge is -2.18. The molecular formula is C12H17NO4. The topological polar surface area (TPSA) is 89.8 Å². The summed E-state index contributed by atoms with van der Waals surface area (Å²) in [6.45, 7) is -0.277. The maximum atomic E-state index is 11.1. The highest BCUT2D eigenvalue weighted by Crippen LogP contribution is 2.14. The second-order valence-corrected chi connectivity index (χ2v) is 3.77. The summed E-state index contributed by atoms with van der Waals surface area (Å²) in [5.74, 6) is -1.62. The molecule has 1 rings (SSSR count). The molecule has 0 radical (unpaired) electrons. The van der Waals surface area contributed by atoms with Gasteiger partial charge in [-0.2, -0.15) is 0 Å². The van der Waals surface area contributed by atoms with Crippen LogP contribution in [-0.2, 0) is 4.79 Å². The Morgan fingerprint density at radius 1 is 1.18 bits per heavy atom. The smallest absolute Gasteiger partial charge is 0.312 e. The van der Waals surface area contributed by atoms with Crippen LogP contribution in [-0.4, -0.2) is 47.1 Å². The normalized spacial score (nSPS) is 12.6. The SMILES string of the molecule is O=C(O)C(CNC(CO)CO)c1ccccc1. The van der Waals surface area contributed by atoms with Gasteiger partial charge in [-0.25, -0.2) is 0 Å². The molecule has 94 valence electrons. The number of hydrogen-bond donors (Lipinski definition) is 4. The molecule has 0 amide bonds. The Morgan fingerprint density at radius 3 is 2.24 bits per heavy atom. The molecule has 0 saturated heterocycles. The number of carboxylic acids is 1. The predicted octanol–water partition coefficient (Wildman–Crippen LogP) is -0.202. The number of benzene rings is 1. The van der Waals surface area contributed by atoms with Crippen LogP contribution >= 0.6 is 0 Å². The summed E-state index contributed by atoms with van der Waals surface area (Å²) >= 11 is 0. The van der Waals surface area contributed by atoms with Gasteiger partial charge in [-0.05, 0) is 5.56 Å². The molecular weight excluding hydrogens is 222 g/mol. The quantitative estimate of drug-likeness (QED) is 0.529. The van der Waals surface area contributed by atoms with Crippen molar-refractivity contribution >= 4 is 5.97 Å². The summed E-state index contributed by atoms with van der Waals surface area (Å²) in [6.07, 6.45) is 0. The van der Waals surface area contributed by atoms with E-state index in [4.69, 9.17) is 15.3 Å². The molecule has 0 saturated carbocycles. The summed E-state index contributed by atoms with van der Waals surface area (Å²) in [5.41, 5.74) is 0.696. The summed E-state index contributed by atoms with van der Waals surface area (Å²) in [4.78, 5) is 11.1. The van der Waals surface area contributed by atoms with Crippen LogP contribution in [0.3, 0.4) is 0 Å². The summed E-state index contributed by atoms with van der Waals surface area (Å²) in [5, 5.41) is 29.7. The Kier molecular flexibility index (Phi) is 5.62. The second-order valence-electron chi connectivity index (χ2n) is 3.77. The molecule has 0 spiro atoms. The van der Waals surface area contributed by atoms with Crippen LogP contribution in [0.2, 0.25) is 0 Å². The highest BCUT2D eigenvalue weighted by Gasteiger charge is 2.20. The van der Waals surface area contributed by atoms with Crippen molar-refractivity contribution in [1.82, 2.24) is 5.32 Å². The first kappa shape index (κ1) is 13.6. The fourth-order valence-electron chi connectivity index (χ4n) is 1.50. The van der Waals surface area contributed by atoms with Crippen LogP contribution < -0.4 is 5.32 Å². The van der Waals surface area contributed by atoms with Gasteiger partial charge in [0.2, 0.25) is 0 Å². The zero-order valence-electron chi connectivity index (χ0n) is 9.41. The Labute approximate surface area is 99.7 Å². The minimum atomic E-state index is -0.932. The fourth-order valence-corrected chi connectivity index (χ4v) is 1.50. The number of aliphatic hydroxyl groups excluding tert-OH is 2. The van der Waals surface area contributed by atoms with Gasteiger partial charge in [0.15, 0.2) is 0 Å². The highest BCUT2D eigenvalue weighted by molar-refractivity contribution is 5.76. The van der Waals surface area contributed by atoms with Gasteiger partial charge in [0.1, 0.15) is 0 Å². The predicted molar refractivity (Wildman–Crippen MR) is 62.8 cm³/mol. The summed E-state index contributed by atoms with van der Waals surface area (Å²) in [7, 11) is 0. The third-order valence-electron chi connectivity index (χ3n) is 2.55. The van der Waals surface area contributed by atoms with Crippen LogP contribution in [0.15, 0.2) is 30.3 Å². The number of rotatable bonds is 7. The number of hydrogen-bond acceptors (Lipinski definition) is 4. The average Bonchev–Trinajstić information content (AvgIpc) is 2.35. The van der Waals surface area contributed by atoms with Gasteiger partial charge < -0.3 is 20.6 Å². The van der Waals surface area contributed by atoms with Crippen molar-refractivity contribution in [1.29, 1.82) is 0 Å². The molecule has 1 unspecified atom stereocenters. The minimum Gasteiger partial charge on any atom is -0.481 e. The maximum Gasteiger partial charge on any atom is 0.312 e. The van der Waals surface area contributed by atoms with Crippen molar-refractivity contribution in [2.75, 3.05) is 19.8 Å². The summed E-state index contributed by atoms with van der Waals surface area (Å²) < 4.78 is 0. The Bertz CT molecular complexity index is 338. The second kappa shape index (κ2) is 7.01. The van der Waals surface area contributed by atoms with Gasteiger partial charge in [0, 0.05) is 6.54 Å². The molecule has 0 heterocycles. The van der Waals surface area contributed by atoms with E-state index in [0.717, 1.165) is 0 Å². The van der Waals surface area contributed by atoms with Gasteiger partial charge in [-0.3, -0.25) is 4.79 Å². The van der Waals surface area contributed by atoms with Crippen LogP contribution in [0.4, 0.5) is 0 Å². The molecule has 5 nitrogen and oxygen atoms in total. The number of nitrogens with one attached hydrogen (secondary N) is 1. The third kappa shape index (κ3) is 4.14. The Hall–Kier alpha value is -1.43. The maximum absolute atomic E-state index is 11.1. The van der Waals surface area contributed by atoms with E-state index in [9.17, 15) is 4.79 Å².